The van der Waals surface area contributed by atoms with E-state index in [0.29, 0.717) is 5.69 Å². The second-order valence-electron chi connectivity index (χ2n) is 6.08. The molecule has 0 spiro atoms. The van der Waals surface area contributed by atoms with E-state index in [1.54, 1.807) is 18.2 Å². The van der Waals surface area contributed by atoms with Gasteiger partial charge in [-0.05, 0) is 48.9 Å². The van der Waals surface area contributed by atoms with Gasteiger partial charge in [-0.3, -0.25) is 4.79 Å². The van der Waals surface area contributed by atoms with Crippen LogP contribution in [0.4, 0.5) is 10.1 Å². The third kappa shape index (κ3) is 4.37. The van der Waals surface area contributed by atoms with E-state index in [9.17, 15) is 17.6 Å². The van der Waals surface area contributed by atoms with Crippen molar-refractivity contribution in [3.63, 3.8) is 0 Å². The van der Waals surface area contributed by atoms with Crippen molar-refractivity contribution in [2.45, 2.75) is 11.8 Å². The largest absolute Gasteiger partial charge is 0.379 e. The molecule has 0 atom stereocenters. The molecule has 1 heterocycles. The number of amides is 1. The maximum absolute atomic E-state index is 14.2. The minimum Gasteiger partial charge on any atom is -0.379 e. The van der Waals surface area contributed by atoms with Gasteiger partial charge in [0.2, 0.25) is 10.0 Å². The van der Waals surface area contributed by atoms with Gasteiger partial charge in [-0.25, -0.2) is 12.8 Å². The normalized spacial score (nSPS) is 15.5. The fourth-order valence-corrected chi connectivity index (χ4v) is 4.44. The number of ether oxygens (including phenoxy) is 1. The summed E-state index contributed by atoms with van der Waals surface area (Å²) in [4.78, 5) is 12.0. The summed E-state index contributed by atoms with van der Waals surface area (Å²) >= 11 is 3.38. The van der Waals surface area contributed by atoms with E-state index in [1.807, 2.05) is 6.92 Å². The average molecular weight is 457 g/mol. The predicted molar refractivity (Wildman–Crippen MR) is 103 cm³/mol. The van der Waals surface area contributed by atoms with Gasteiger partial charge in [0, 0.05) is 28.8 Å². The van der Waals surface area contributed by atoms with Gasteiger partial charge < -0.3 is 10.1 Å². The Hall–Kier alpha value is -1.81. The van der Waals surface area contributed by atoms with Gasteiger partial charge in [0.15, 0.2) is 0 Å². The van der Waals surface area contributed by atoms with Crippen LogP contribution < -0.4 is 5.32 Å². The molecule has 2 aromatic carbocycles. The molecule has 9 heteroatoms. The number of sulfonamides is 1. The Morgan fingerprint density at radius 1 is 1.19 bits per heavy atom. The van der Waals surface area contributed by atoms with E-state index in [0.717, 1.165) is 26.5 Å². The van der Waals surface area contributed by atoms with E-state index in [2.05, 4.69) is 21.2 Å². The quantitative estimate of drug-likeness (QED) is 0.766. The summed E-state index contributed by atoms with van der Waals surface area (Å²) in [6, 6.07) is 8.61. The zero-order valence-corrected chi connectivity index (χ0v) is 16.9. The molecule has 0 bridgehead atoms. The van der Waals surface area contributed by atoms with Crippen LogP contribution in [0.15, 0.2) is 45.8 Å². The van der Waals surface area contributed by atoms with Gasteiger partial charge in [-0.2, -0.15) is 4.31 Å². The SMILES string of the molecule is Cc1cc(NC(=O)c2ccc(F)c(S(=O)(=O)N3CCOCC3)c2)ccc1Br. The summed E-state index contributed by atoms with van der Waals surface area (Å²) in [6.45, 7) is 2.69. The van der Waals surface area contributed by atoms with Crippen LogP contribution >= 0.6 is 15.9 Å². The fourth-order valence-electron chi connectivity index (χ4n) is 2.69. The molecule has 1 aliphatic rings. The highest BCUT2D eigenvalue weighted by Crippen LogP contribution is 2.24. The van der Waals surface area contributed by atoms with Crippen LogP contribution in [0.5, 0.6) is 0 Å². The van der Waals surface area contributed by atoms with E-state index < -0.39 is 26.6 Å². The second kappa shape index (κ2) is 8.05. The number of carbonyl (C=O) groups excluding carboxylic acids is 1. The van der Waals surface area contributed by atoms with Crippen LogP contribution in [0.2, 0.25) is 0 Å². The highest BCUT2D eigenvalue weighted by atomic mass is 79.9. The van der Waals surface area contributed by atoms with Crippen molar-refractivity contribution in [1.29, 1.82) is 0 Å². The number of morpholine rings is 1. The van der Waals surface area contributed by atoms with Crippen molar-refractivity contribution < 1.29 is 22.3 Å². The Morgan fingerprint density at radius 3 is 2.56 bits per heavy atom. The van der Waals surface area contributed by atoms with Crippen molar-refractivity contribution in [3.05, 3.63) is 57.8 Å². The van der Waals surface area contributed by atoms with E-state index >= 15 is 0 Å². The molecule has 2 aromatic rings. The molecular weight excluding hydrogens is 439 g/mol. The molecule has 144 valence electrons. The lowest BCUT2D eigenvalue weighted by Gasteiger charge is -2.26. The molecule has 1 fully saturated rings. The van der Waals surface area contributed by atoms with Crippen LogP contribution in [-0.4, -0.2) is 44.9 Å². The van der Waals surface area contributed by atoms with Crippen molar-refractivity contribution in [2.75, 3.05) is 31.6 Å². The van der Waals surface area contributed by atoms with Gasteiger partial charge in [-0.15, -0.1) is 0 Å². The minimum atomic E-state index is -4.04. The maximum atomic E-state index is 14.2. The van der Waals surface area contributed by atoms with Crippen LogP contribution in [0.1, 0.15) is 15.9 Å². The predicted octanol–water partition coefficient (Wildman–Crippen LogP) is 3.17. The number of nitrogens with zero attached hydrogens (tertiary/aromatic N) is 1. The molecule has 1 saturated heterocycles. The molecule has 0 saturated carbocycles. The molecule has 1 N–H and O–H groups in total. The monoisotopic (exact) mass is 456 g/mol. The minimum absolute atomic E-state index is 0.0591. The van der Waals surface area contributed by atoms with Crippen molar-refractivity contribution in [2.24, 2.45) is 0 Å². The first-order valence-electron chi connectivity index (χ1n) is 8.24. The van der Waals surface area contributed by atoms with Crippen molar-refractivity contribution in [1.82, 2.24) is 4.31 Å². The number of nitrogens with one attached hydrogen (secondary N) is 1. The number of halogens is 2. The molecule has 0 radical (unpaired) electrons. The Morgan fingerprint density at radius 2 is 1.89 bits per heavy atom. The van der Waals surface area contributed by atoms with Gasteiger partial charge in [-0.1, -0.05) is 15.9 Å². The average Bonchev–Trinajstić information content (AvgIpc) is 2.65. The summed E-state index contributed by atoms with van der Waals surface area (Å²) in [5.41, 5.74) is 1.55. The first kappa shape index (κ1) is 19.9. The summed E-state index contributed by atoms with van der Waals surface area (Å²) in [5, 5.41) is 2.69. The summed E-state index contributed by atoms with van der Waals surface area (Å²) < 4.78 is 46.9. The van der Waals surface area contributed by atoms with E-state index in [-0.39, 0.29) is 31.9 Å². The molecule has 1 amide bonds. The van der Waals surface area contributed by atoms with Gasteiger partial charge in [0.1, 0.15) is 10.7 Å². The summed E-state index contributed by atoms with van der Waals surface area (Å²) in [6.07, 6.45) is 0. The molecule has 0 aromatic heterocycles. The smallest absolute Gasteiger partial charge is 0.255 e. The molecule has 1 aliphatic heterocycles. The highest BCUT2D eigenvalue weighted by Gasteiger charge is 2.29. The maximum Gasteiger partial charge on any atom is 0.255 e. The zero-order chi connectivity index (χ0) is 19.6. The van der Waals surface area contributed by atoms with Crippen molar-refractivity contribution >= 4 is 37.5 Å². The number of anilines is 1. The molecular formula is C18H18BrFN2O4S. The first-order valence-corrected chi connectivity index (χ1v) is 10.5. The van der Waals surface area contributed by atoms with Gasteiger partial charge in [0.05, 0.1) is 13.2 Å². The molecule has 27 heavy (non-hydrogen) atoms. The Kier molecular flexibility index (Phi) is 5.95. The van der Waals surface area contributed by atoms with Crippen molar-refractivity contribution in [3.8, 4) is 0 Å². The zero-order valence-electron chi connectivity index (χ0n) is 14.5. The third-order valence-electron chi connectivity index (χ3n) is 4.20. The molecule has 0 unspecified atom stereocenters. The Balaban J connectivity index is 1.88. The third-order valence-corrected chi connectivity index (χ3v) is 7.00. The lowest BCUT2D eigenvalue weighted by atomic mass is 10.2. The standard InChI is InChI=1S/C18H18BrFN2O4S/c1-12-10-14(3-4-15(12)19)21-18(23)13-2-5-16(20)17(11-13)27(24,25)22-6-8-26-9-7-22/h2-5,10-11H,6-9H2,1H3,(H,21,23). The van der Waals surface area contributed by atoms with Crippen LogP contribution in [0.3, 0.4) is 0 Å². The van der Waals surface area contributed by atoms with E-state index in [1.165, 1.54) is 6.07 Å². The number of hydrogen-bond donors (Lipinski definition) is 1. The summed E-state index contributed by atoms with van der Waals surface area (Å²) in [5.74, 6) is -1.41. The highest BCUT2D eigenvalue weighted by molar-refractivity contribution is 9.10. The van der Waals surface area contributed by atoms with E-state index in [4.69, 9.17) is 4.74 Å². The number of carbonyl (C=O) groups is 1. The first-order chi connectivity index (χ1) is 12.8. The topological polar surface area (TPSA) is 75.7 Å². The van der Waals surface area contributed by atoms with Crippen LogP contribution in [-0.2, 0) is 14.8 Å². The fraction of sp³-hybridized carbons (Fsp3) is 0.278. The van der Waals surface area contributed by atoms with Gasteiger partial charge >= 0.3 is 0 Å². The second-order valence-corrected chi connectivity index (χ2v) is 8.84. The molecule has 6 nitrogen and oxygen atoms in total. The number of benzene rings is 2. The van der Waals surface area contributed by atoms with Gasteiger partial charge in [0.25, 0.3) is 5.91 Å². The Bertz CT molecular complexity index is 975. The molecule has 0 aliphatic carbocycles. The summed E-state index contributed by atoms with van der Waals surface area (Å²) in [7, 11) is -4.04. The lowest BCUT2D eigenvalue weighted by molar-refractivity contribution is 0.0729. The number of hydrogen-bond acceptors (Lipinski definition) is 4. The number of rotatable bonds is 4. The van der Waals surface area contributed by atoms with Crippen LogP contribution in [0, 0.1) is 12.7 Å². The number of aryl methyl sites for hydroxylation is 1. The Labute approximate surface area is 165 Å². The van der Waals surface area contributed by atoms with Crippen LogP contribution in [0.25, 0.3) is 0 Å². The molecule has 3 rings (SSSR count). The lowest BCUT2D eigenvalue weighted by Crippen LogP contribution is -2.41.